The van der Waals surface area contributed by atoms with E-state index >= 15 is 0 Å². The number of sulfone groups is 1. The maximum atomic E-state index is 13.8. The number of hydrogen-bond donors (Lipinski definition) is 1. The summed E-state index contributed by atoms with van der Waals surface area (Å²) in [5.41, 5.74) is 5.43. The van der Waals surface area contributed by atoms with E-state index in [1.54, 1.807) is 18.3 Å². The molecular weight excluding hydrogens is 532 g/mol. The number of carbonyl (C=O) groups is 1. The molecule has 1 N–H and O–H groups in total. The highest BCUT2D eigenvalue weighted by atomic mass is 32.2. The van der Waals surface area contributed by atoms with Crippen LogP contribution in [-0.4, -0.2) is 56.8 Å². The average molecular weight is 567 g/mol. The first-order valence-corrected chi connectivity index (χ1v) is 15.1. The maximum Gasteiger partial charge on any atom is 0.265 e. The Labute approximate surface area is 234 Å². The first kappa shape index (κ1) is 28.2. The second kappa shape index (κ2) is 12.9. The summed E-state index contributed by atoms with van der Waals surface area (Å²) < 4.78 is 42.7. The molecule has 0 aliphatic carbocycles. The van der Waals surface area contributed by atoms with Crippen molar-refractivity contribution in [3.8, 4) is 17.0 Å². The third kappa shape index (κ3) is 6.36. The quantitative estimate of drug-likeness (QED) is 0.362. The van der Waals surface area contributed by atoms with E-state index < -0.39 is 26.8 Å². The monoisotopic (exact) mass is 566 g/mol. The molecule has 10 heteroatoms. The first-order chi connectivity index (χ1) is 19.5. The third-order valence-corrected chi connectivity index (χ3v) is 9.85. The van der Waals surface area contributed by atoms with Crippen molar-refractivity contribution in [2.24, 2.45) is 0 Å². The van der Waals surface area contributed by atoms with Crippen LogP contribution in [0.5, 0.6) is 5.75 Å². The molecule has 2 aliphatic heterocycles. The van der Waals surface area contributed by atoms with Gasteiger partial charge in [-0.15, -0.1) is 0 Å². The largest absolute Gasteiger partial charge is 0.493 e. The molecule has 0 radical (unpaired) electrons. The van der Waals surface area contributed by atoms with Crippen molar-refractivity contribution in [2.45, 2.75) is 54.5 Å². The number of carbonyl (C=O) groups excluding carboxylic acids is 1. The molecule has 1 aromatic heterocycles. The van der Waals surface area contributed by atoms with Crippen molar-refractivity contribution in [2.75, 3.05) is 26.4 Å². The number of pyridine rings is 1. The number of hydrogen-bond acceptors (Lipinski definition) is 8. The lowest BCUT2D eigenvalue weighted by atomic mass is 9.98. The van der Waals surface area contributed by atoms with Gasteiger partial charge in [0.1, 0.15) is 5.75 Å². The highest BCUT2D eigenvalue weighted by Gasteiger charge is 2.52. The van der Waals surface area contributed by atoms with Crippen LogP contribution in [0.1, 0.15) is 37.7 Å². The molecule has 1 amide bonds. The Balaban J connectivity index is 1.22. The van der Waals surface area contributed by atoms with E-state index in [1.807, 2.05) is 36.4 Å². The zero-order valence-corrected chi connectivity index (χ0v) is 23.1. The van der Waals surface area contributed by atoms with Crippen LogP contribution < -0.4 is 10.2 Å². The topological polar surface area (TPSA) is 113 Å². The fourth-order valence-electron chi connectivity index (χ4n) is 4.98. The normalized spacial score (nSPS) is 19.1. The number of rotatable bonds is 10. The number of ether oxygens (including phenoxy) is 3. The lowest BCUT2D eigenvalue weighted by Crippen LogP contribution is -2.56. The number of amides is 1. The lowest BCUT2D eigenvalue weighted by Gasteiger charge is -2.35. The molecule has 2 aromatic carbocycles. The van der Waals surface area contributed by atoms with Crippen molar-refractivity contribution >= 4 is 15.7 Å². The second-order valence-electron chi connectivity index (χ2n) is 9.94. The van der Waals surface area contributed by atoms with Gasteiger partial charge in [0.2, 0.25) is 0 Å². The smallest absolute Gasteiger partial charge is 0.265 e. The number of hydroxylamine groups is 1. The second-order valence-corrected chi connectivity index (χ2v) is 12.2. The van der Waals surface area contributed by atoms with Crippen molar-refractivity contribution in [1.29, 1.82) is 0 Å². The summed E-state index contributed by atoms with van der Waals surface area (Å²) in [6, 6.07) is 20.2. The maximum absolute atomic E-state index is 13.8. The van der Waals surface area contributed by atoms with Gasteiger partial charge in [-0.25, -0.2) is 18.7 Å². The minimum atomic E-state index is -4.06. The Morgan fingerprint density at radius 1 is 1.00 bits per heavy atom. The molecule has 9 nitrogen and oxygen atoms in total. The Morgan fingerprint density at radius 3 is 2.55 bits per heavy atom. The number of benzene rings is 2. The summed E-state index contributed by atoms with van der Waals surface area (Å²) in [4.78, 5) is 23.2. The van der Waals surface area contributed by atoms with Gasteiger partial charge in [0.25, 0.3) is 5.91 Å². The molecule has 3 aromatic rings. The Morgan fingerprint density at radius 2 is 1.82 bits per heavy atom. The van der Waals surface area contributed by atoms with E-state index in [9.17, 15) is 13.2 Å². The van der Waals surface area contributed by atoms with Crippen LogP contribution >= 0.6 is 0 Å². The van der Waals surface area contributed by atoms with E-state index in [4.69, 9.17) is 19.0 Å². The van der Waals surface area contributed by atoms with Crippen LogP contribution in [0.2, 0.25) is 0 Å². The molecule has 2 saturated heterocycles. The number of nitrogens with zero attached hydrogens (tertiary/aromatic N) is 1. The zero-order chi connectivity index (χ0) is 27.8. The van der Waals surface area contributed by atoms with Crippen molar-refractivity contribution in [1.82, 2.24) is 10.5 Å². The van der Waals surface area contributed by atoms with Crippen molar-refractivity contribution < 1.29 is 32.3 Å². The predicted octanol–water partition coefficient (Wildman–Crippen LogP) is 4.27. The van der Waals surface area contributed by atoms with Crippen LogP contribution in [-0.2, 0) is 35.4 Å². The van der Waals surface area contributed by atoms with E-state index in [1.165, 1.54) is 12.1 Å². The number of nitrogens with one attached hydrogen (secondary N) is 1. The molecule has 0 saturated carbocycles. The van der Waals surface area contributed by atoms with Gasteiger partial charge in [-0.3, -0.25) is 9.78 Å². The molecule has 1 unspecified atom stereocenters. The van der Waals surface area contributed by atoms with Gasteiger partial charge in [0.05, 0.1) is 17.2 Å². The highest BCUT2D eigenvalue weighted by Crippen LogP contribution is 2.36. The van der Waals surface area contributed by atoms with Gasteiger partial charge < -0.3 is 14.2 Å². The van der Waals surface area contributed by atoms with Crippen LogP contribution in [0.15, 0.2) is 77.8 Å². The minimum Gasteiger partial charge on any atom is -0.493 e. The summed E-state index contributed by atoms with van der Waals surface area (Å²) >= 11 is 0. The van der Waals surface area contributed by atoms with Crippen molar-refractivity contribution in [3.63, 3.8) is 0 Å². The average Bonchev–Trinajstić information content (AvgIpc) is 3.01. The van der Waals surface area contributed by atoms with Gasteiger partial charge in [-0.1, -0.05) is 24.3 Å². The fraction of sp³-hybridized carbons (Fsp3) is 0.400. The van der Waals surface area contributed by atoms with Gasteiger partial charge in [-0.2, -0.15) is 0 Å². The predicted molar refractivity (Wildman–Crippen MR) is 148 cm³/mol. The van der Waals surface area contributed by atoms with Gasteiger partial charge >= 0.3 is 0 Å². The van der Waals surface area contributed by atoms with E-state index in [-0.39, 0.29) is 31.0 Å². The zero-order valence-electron chi connectivity index (χ0n) is 22.3. The Bertz CT molecular complexity index is 1370. The highest BCUT2D eigenvalue weighted by molar-refractivity contribution is 7.93. The molecule has 2 fully saturated rings. The summed E-state index contributed by atoms with van der Waals surface area (Å²) in [6.45, 7) is 1.29. The van der Waals surface area contributed by atoms with Crippen LogP contribution in [0.25, 0.3) is 11.3 Å². The van der Waals surface area contributed by atoms with Crippen molar-refractivity contribution in [3.05, 3.63) is 78.5 Å². The van der Waals surface area contributed by atoms with E-state index in [0.29, 0.717) is 31.8 Å². The van der Waals surface area contributed by atoms with Gasteiger partial charge in [-0.05, 0) is 73.7 Å². The summed E-state index contributed by atoms with van der Waals surface area (Å²) in [7, 11) is -4.06. The summed E-state index contributed by atoms with van der Waals surface area (Å²) in [6.07, 6.45) is 4.43. The SMILES string of the molecule is O=C(NOC1CCCCO1)C1(S(=O)(=O)c2ccc(OCCc3cccc(-c4ccccn4)c3)cc2)CCOCC1. The van der Waals surface area contributed by atoms with Crippen LogP contribution in [0.3, 0.4) is 0 Å². The fourth-order valence-corrected chi connectivity index (χ4v) is 6.92. The molecule has 0 spiro atoms. The van der Waals surface area contributed by atoms with Gasteiger partial charge in [0, 0.05) is 44.4 Å². The molecule has 40 heavy (non-hydrogen) atoms. The number of aromatic nitrogens is 1. The molecule has 212 valence electrons. The third-order valence-electron chi connectivity index (χ3n) is 7.33. The summed E-state index contributed by atoms with van der Waals surface area (Å²) in [5.74, 6) is -0.152. The van der Waals surface area contributed by atoms with Gasteiger partial charge in [0.15, 0.2) is 20.9 Å². The molecule has 3 heterocycles. The minimum absolute atomic E-state index is 0.0336. The van der Waals surface area contributed by atoms with Crippen LogP contribution in [0.4, 0.5) is 0 Å². The Hall–Kier alpha value is -3.31. The molecule has 5 rings (SSSR count). The standard InChI is InChI=1S/C30H34N2O7S/c33-29(32-39-28-9-2-4-18-38-28)30(15-20-36-21-16-30)40(34,35)26-12-10-25(11-13-26)37-19-14-23-6-5-7-24(22-23)27-8-1-3-17-31-27/h1,3,5-8,10-13,17,22,28H,2,4,9,14-16,18-21H2,(H,32,33). The van der Waals surface area contributed by atoms with Crippen LogP contribution in [0, 0.1) is 0 Å². The summed E-state index contributed by atoms with van der Waals surface area (Å²) in [5, 5.41) is 0. The molecule has 2 aliphatic rings. The lowest BCUT2D eigenvalue weighted by molar-refractivity contribution is -0.202. The Kier molecular flexibility index (Phi) is 9.11. The van der Waals surface area contributed by atoms with E-state index in [0.717, 1.165) is 29.7 Å². The first-order valence-electron chi connectivity index (χ1n) is 13.6. The molecule has 1 atom stereocenters. The molecular formula is C30H34N2O7S. The molecule has 0 bridgehead atoms. The van der Waals surface area contributed by atoms with E-state index in [2.05, 4.69) is 16.5 Å².